The zero-order valence-electron chi connectivity index (χ0n) is 19.9. The van der Waals surface area contributed by atoms with E-state index in [2.05, 4.69) is 25.6 Å². The van der Waals surface area contributed by atoms with Crippen LogP contribution in [0.1, 0.15) is 38.2 Å². The molecule has 8 nitrogen and oxygen atoms in total. The number of fused-ring (bicyclic) bond motifs is 2. The monoisotopic (exact) mass is 463 g/mol. The van der Waals surface area contributed by atoms with Crippen LogP contribution in [0.2, 0.25) is 0 Å². The number of ether oxygens (including phenoxy) is 1. The summed E-state index contributed by atoms with van der Waals surface area (Å²) in [4.78, 5) is 29.3. The minimum atomic E-state index is -0.400. The van der Waals surface area contributed by atoms with Gasteiger partial charge in [-0.05, 0) is 42.7 Å². The average molecular weight is 464 g/mol. The fourth-order valence-corrected chi connectivity index (χ4v) is 4.87. The Morgan fingerprint density at radius 3 is 2.32 bits per heavy atom. The quantitative estimate of drug-likeness (QED) is 0.462. The predicted octanol–water partition coefficient (Wildman–Crippen LogP) is 3.70. The number of hydrogen-bond donors (Lipinski definition) is 2. The maximum absolute atomic E-state index is 12.4. The van der Waals surface area contributed by atoms with E-state index < -0.39 is 6.03 Å². The molecule has 4 rings (SSSR count). The van der Waals surface area contributed by atoms with Gasteiger partial charge in [0, 0.05) is 50.2 Å². The number of benzene rings is 2. The number of hydrazone groups is 1. The number of carbonyl (C=O) groups excluding carboxylic acids is 2. The van der Waals surface area contributed by atoms with E-state index >= 15 is 0 Å². The molecule has 2 fully saturated rings. The van der Waals surface area contributed by atoms with Gasteiger partial charge in [0.15, 0.2) is 0 Å². The van der Waals surface area contributed by atoms with Crippen LogP contribution in [0.5, 0.6) is 5.75 Å². The molecule has 2 N–H and O–H groups in total. The summed E-state index contributed by atoms with van der Waals surface area (Å²) >= 11 is 0. The third-order valence-corrected chi connectivity index (χ3v) is 6.56. The minimum absolute atomic E-state index is 0.269. The van der Waals surface area contributed by atoms with Gasteiger partial charge >= 0.3 is 6.03 Å². The third-order valence-electron chi connectivity index (χ3n) is 6.56. The first-order chi connectivity index (χ1) is 16.6. The molecular formula is C26H33N5O3. The highest BCUT2D eigenvalue weighted by Crippen LogP contribution is 2.30. The molecule has 2 aromatic rings. The van der Waals surface area contributed by atoms with Gasteiger partial charge in [-0.25, -0.2) is 10.2 Å². The van der Waals surface area contributed by atoms with Gasteiger partial charge in [-0.3, -0.25) is 9.69 Å². The van der Waals surface area contributed by atoms with Crippen LogP contribution in [0, 0.1) is 0 Å². The van der Waals surface area contributed by atoms with Gasteiger partial charge in [-0.2, -0.15) is 5.10 Å². The predicted molar refractivity (Wildman–Crippen MR) is 133 cm³/mol. The number of piperazine rings is 1. The third kappa shape index (κ3) is 5.75. The highest BCUT2D eigenvalue weighted by Gasteiger charge is 2.41. The van der Waals surface area contributed by atoms with E-state index in [4.69, 9.17) is 4.74 Å². The zero-order chi connectivity index (χ0) is 23.9. The van der Waals surface area contributed by atoms with Gasteiger partial charge < -0.3 is 15.0 Å². The molecule has 0 saturated carbocycles. The van der Waals surface area contributed by atoms with Crippen molar-refractivity contribution < 1.29 is 14.3 Å². The highest BCUT2D eigenvalue weighted by atomic mass is 16.5. The van der Waals surface area contributed by atoms with E-state index in [1.165, 1.54) is 0 Å². The van der Waals surface area contributed by atoms with Crippen LogP contribution in [0.4, 0.5) is 10.5 Å². The van der Waals surface area contributed by atoms with Crippen molar-refractivity contribution in [3.8, 4) is 5.75 Å². The molecule has 2 heterocycles. The van der Waals surface area contributed by atoms with E-state index in [0.29, 0.717) is 30.6 Å². The molecule has 0 spiro atoms. The lowest BCUT2D eigenvalue weighted by atomic mass is 10.1. The summed E-state index contributed by atoms with van der Waals surface area (Å²) in [6.07, 6.45) is 3.44. The molecule has 2 bridgehead atoms. The SMILES string of the molecule is CCC(=O)N1C2CCC1CN(CC/C(=N/NC(=O)Nc1ccc(OC)cc1)c1ccccc1)C2. The van der Waals surface area contributed by atoms with E-state index in [0.717, 1.165) is 49.5 Å². The molecule has 2 atom stereocenters. The summed E-state index contributed by atoms with van der Waals surface area (Å²) in [5.41, 5.74) is 5.10. The highest BCUT2D eigenvalue weighted by molar-refractivity contribution is 6.01. The van der Waals surface area contributed by atoms with Crippen molar-refractivity contribution in [2.45, 2.75) is 44.7 Å². The zero-order valence-corrected chi connectivity index (χ0v) is 19.9. The molecule has 34 heavy (non-hydrogen) atoms. The van der Waals surface area contributed by atoms with Gasteiger partial charge in [0.25, 0.3) is 0 Å². The summed E-state index contributed by atoms with van der Waals surface area (Å²) in [6.45, 7) is 4.57. The number of rotatable bonds is 8. The summed E-state index contributed by atoms with van der Waals surface area (Å²) in [7, 11) is 1.60. The van der Waals surface area contributed by atoms with E-state index in [-0.39, 0.29) is 5.91 Å². The Labute approximate surface area is 201 Å². The fraction of sp³-hybridized carbons (Fsp3) is 0.423. The number of hydrogen-bond acceptors (Lipinski definition) is 5. The van der Waals surface area contributed by atoms with Crippen molar-refractivity contribution in [2.75, 3.05) is 32.1 Å². The number of likely N-dealkylation sites (tertiary alicyclic amines) is 1. The van der Waals surface area contributed by atoms with Crippen LogP contribution < -0.4 is 15.5 Å². The first-order valence-electron chi connectivity index (χ1n) is 11.9. The summed E-state index contributed by atoms with van der Waals surface area (Å²) in [5.74, 6) is 0.995. The van der Waals surface area contributed by atoms with Gasteiger partial charge in [0.1, 0.15) is 5.75 Å². The molecule has 180 valence electrons. The number of nitrogens with zero attached hydrogens (tertiary/aromatic N) is 3. The normalized spacial score (nSPS) is 20.2. The standard InChI is InChI=1S/C26H33N5O3/c1-3-25(32)31-21-11-12-22(31)18-30(17-21)16-15-24(19-7-5-4-6-8-19)28-29-26(33)27-20-9-13-23(34-2)14-10-20/h4-10,13-14,21-22H,3,11-12,15-18H2,1-2H3,(H2,27,29,33)/b28-24-. The number of carbonyl (C=O) groups is 2. The second-order valence-electron chi connectivity index (χ2n) is 8.77. The lowest BCUT2D eigenvalue weighted by molar-refractivity contribution is -0.136. The first kappa shape index (κ1) is 23.8. The van der Waals surface area contributed by atoms with Crippen molar-refractivity contribution in [1.29, 1.82) is 0 Å². The second kappa shape index (κ2) is 11.2. The van der Waals surface area contributed by atoms with Gasteiger partial charge in [0.05, 0.1) is 12.8 Å². The van der Waals surface area contributed by atoms with E-state index in [1.54, 1.807) is 31.4 Å². The molecule has 0 radical (unpaired) electrons. The van der Waals surface area contributed by atoms with Crippen LogP contribution in [-0.4, -0.2) is 66.3 Å². The smallest absolute Gasteiger partial charge is 0.339 e. The van der Waals surface area contributed by atoms with Gasteiger partial charge in [-0.1, -0.05) is 37.3 Å². The summed E-state index contributed by atoms with van der Waals surface area (Å²) in [5, 5.41) is 7.24. The molecule has 2 aromatic carbocycles. The Morgan fingerprint density at radius 2 is 1.71 bits per heavy atom. The molecule has 2 saturated heterocycles. The van der Waals surface area contributed by atoms with Gasteiger partial charge in [-0.15, -0.1) is 0 Å². The number of amides is 3. The number of urea groups is 1. The Balaban J connectivity index is 1.37. The van der Waals surface area contributed by atoms with Crippen LogP contribution in [0.15, 0.2) is 59.7 Å². The molecule has 3 amide bonds. The van der Waals surface area contributed by atoms with Crippen molar-refractivity contribution in [3.63, 3.8) is 0 Å². The van der Waals surface area contributed by atoms with Crippen molar-refractivity contribution in [1.82, 2.24) is 15.2 Å². The molecule has 2 unspecified atom stereocenters. The Hall–Kier alpha value is -3.39. The first-order valence-corrected chi connectivity index (χ1v) is 11.9. The average Bonchev–Trinajstić information content (AvgIpc) is 3.14. The van der Waals surface area contributed by atoms with E-state index in [1.807, 2.05) is 37.3 Å². The summed E-state index contributed by atoms with van der Waals surface area (Å²) in [6, 6.07) is 17.3. The Bertz CT molecular complexity index is 995. The largest absolute Gasteiger partial charge is 0.497 e. The van der Waals surface area contributed by atoms with Crippen molar-refractivity contribution in [3.05, 3.63) is 60.2 Å². The van der Waals surface area contributed by atoms with Crippen molar-refractivity contribution >= 4 is 23.3 Å². The topological polar surface area (TPSA) is 86.3 Å². The number of nitrogens with one attached hydrogen (secondary N) is 2. The molecule has 0 aliphatic carbocycles. The van der Waals surface area contributed by atoms with Gasteiger partial charge in [0.2, 0.25) is 5.91 Å². The maximum Gasteiger partial charge on any atom is 0.339 e. The minimum Gasteiger partial charge on any atom is -0.497 e. The van der Waals surface area contributed by atoms with Crippen molar-refractivity contribution in [2.24, 2.45) is 5.10 Å². The second-order valence-corrected chi connectivity index (χ2v) is 8.77. The molecule has 8 heteroatoms. The van der Waals surface area contributed by atoms with Crippen LogP contribution in [0.3, 0.4) is 0 Å². The Morgan fingerprint density at radius 1 is 1.03 bits per heavy atom. The van der Waals surface area contributed by atoms with E-state index in [9.17, 15) is 9.59 Å². The lowest BCUT2D eigenvalue weighted by Gasteiger charge is -2.41. The summed E-state index contributed by atoms with van der Waals surface area (Å²) < 4.78 is 5.15. The lowest BCUT2D eigenvalue weighted by Crippen LogP contribution is -2.55. The fourth-order valence-electron chi connectivity index (χ4n) is 4.87. The Kier molecular flexibility index (Phi) is 7.80. The molecular weight excluding hydrogens is 430 g/mol. The molecule has 2 aliphatic rings. The number of methoxy groups -OCH3 is 1. The van der Waals surface area contributed by atoms with Crippen LogP contribution >= 0.6 is 0 Å². The molecule has 2 aliphatic heterocycles. The van der Waals surface area contributed by atoms with Crippen LogP contribution in [0.25, 0.3) is 0 Å². The maximum atomic E-state index is 12.4. The van der Waals surface area contributed by atoms with Crippen LogP contribution in [-0.2, 0) is 4.79 Å². The molecule has 0 aromatic heterocycles. The number of anilines is 1.